The van der Waals surface area contributed by atoms with Crippen molar-refractivity contribution in [2.24, 2.45) is 17.8 Å². The molecular formula is C29H46O2. The first-order valence-electron chi connectivity index (χ1n) is 12.1. The van der Waals surface area contributed by atoms with Crippen LogP contribution in [0, 0.1) is 17.8 Å². The maximum atomic E-state index is 12.2. The minimum atomic E-state index is 0.113. The summed E-state index contributed by atoms with van der Waals surface area (Å²) in [7, 11) is 0. The first-order valence-corrected chi connectivity index (χ1v) is 12.1. The molecule has 174 valence electrons. The predicted molar refractivity (Wildman–Crippen MR) is 136 cm³/mol. The average Bonchev–Trinajstić information content (AvgIpc) is 2.73. The van der Waals surface area contributed by atoms with Crippen molar-refractivity contribution < 1.29 is 9.59 Å². The Bertz CT molecular complexity index is 700. The second-order valence-corrected chi connectivity index (χ2v) is 8.84. The number of allylic oxidation sites excluding steroid dienone is 10. The Morgan fingerprint density at radius 3 is 2.23 bits per heavy atom. The number of hydrogen-bond donors (Lipinski definition) is 0. The number of rotatable bonds is 10. The largest absolute Gasteiger partial charge is 0.295 e. The van der Waals surface area contributed by atoms with Gasteiger partial charge in [-0.05, 0) is 75.5 Å². The maximum absolute atomic E-state index is 12.2. The number of carbonyl (C=O) groups excluding carboxylic acids is 2. The third kappa shape index (κ3) is 13.1. The van der Waals surface area contributed by atoms with Crippen molar-refractivity contribution in [3.63, 3.8) is 0 Å². The van der Waals surface area contributed by atoms with Crippen molar-refractivity contribution in [2.45, 2.75) is 93.9 Å². The lowest BCUT2D eigenvalue weighted by Gasteiger charge is -2.25. The first-order chi connectivity index (χ1) is 14.7. The van der Waals surface area contributed by atoms with E-state index in [9.17, 15) is 9.59 Å². The summed E-state index contributed by atoms with van der Waals surface area (Å²) in [6.45, 7) is 15.9. The van der Waals surface area contributed by atoms with Crippen molar-refractivity contribution in [1.82, 2.24) is 0 Å². The summed E-state index contributed by atoms with van der Waals surface area (Å²) in [4.78, 5) is 23.6. The highest BCUT2D eigenvalue weighted by molar-refractivity contribution is 5.93. The monoisotopic (exact) mass is 426 g/mol. The van der Waals surface area contributed by atoms with Crippen molar-refractivity contribution in [1.29, 1.82) is 0 Å². The minimum Gasteiger partial charge on any atom is -0.295 e. The van der Waals surface area contributed by atoms with Crippen LogP contribution in [0.4, 0.5) is 0 Å². The van der Waals surface area contributed by atoms with Gasteiger partial charge in [0.05, 0.1) is 0 Å². The molecule has 0 bridgehead atoms. The van der Waals surface area contributed by atoms with Gasteiger partial charge < -0.3 is 0 Å². The molecule has 3 atom stereocenters. The van der Waals surface area contributed by atoms with Gasteiger partial charge in [0.1, 0.15) is 0 Å². The van der Waals surface area contributed by atoms with Gasteiger partial charge >= 0.3 is 0 Å². The standard InChI is InChI=1S/C27H40O2.C2H6/c1-20(18-23(4)24(5)25(6)28)12-8-7-9-13-21(2)19-27(29)17-16-26-15-11-10-14-22(26)3;1-2/h7-9,12,16-18,21-22,26H,10-11,13-15,19H2,1-6H3;1-2H3/b9-7+,12-8+,17-16-,20-18-,24-23+;. The van der Waals surface area contributed by atoms with E-state index in [1.807, 2.05) is 65.0 Å². The maximum Gasteiger partial charge on any atom is 0.155 e. The van der Waals surface area contributed by atoms with Crippen LogP contribution in [0.2, 0.25) is 0 Å². The molecule has 0 spiro atoms. The zero-order valence-electron chi connectivity index (χ0n) is 21.3. The molecule has 2 nitrogen and oxygen atoms in total. The second-order valence-electron chi connectivity index (χ2n) is 8.84. The van der Waals surface area contributed by atoms with Crippen molar-refractivity contribution in [3.05, 3.63) is 59.3 Å². The second kappa shape index (κ2) is 16.7. The predicted octanol–water partition coefficient (Wildman–Crippen LogP) is 8.36. The van der Waals surface area contributed by atoms with Crippen LogP contribution in [-0.4, -0.2) is 11.6 Å². The van der Waals surface area contributed by atoms with Crippen LogP contribution in [0.3, 0.4) is 0 Å². The van der Waals surface area contributed by atoms with E-state index in [0.29, 0.717) is 24.2 Å². The molecule has 0 heterocycles. The molecule has 0 amide bonds. The molecule has 0 saturated heterocycles. The molecule has 0 radical (unpaired) electrons. The average molecular weight is 427 g/mol. The summed E-state index contributed by atoms with van der Waals surface area (Å²) >= 11 is 0. The Hall–Kier alpha value is -1.96. The van der Waals surface area contributed by atoms with Crippen LogP contribution >= 0.6 is 0 Å². The molecule has 1 saturated carbocycles. The van der Waals surface area contributed by atoms with Crippen molar-refractivity contribution in [3.8, 4) is 0 Å². The highest BCUT2D eigenvalue weighted by Crippen LogP contribution is 2.30. The van der Waals surface area contributed by atoms with Gasteiger partial charge in [0.15, 0.2) is 11.6 Å². The smallest absolute Gasteiger partial charge is 0.155 e. The zero-order valence-corrected chi connectivity index (χ0v) is 21.3. The fourth-order valence-corrected chi connectivity index (χ4v) is 3.73. The summed E-state index contributed by atoms with van der Waals surface area (Å²) in [5, 5.41) is 0. The van der Waals surface area contributed by atoms with Crippen LogP contribution in [0.1, 0.15) is 93.9 Å². The molecule has 0 aliphatic heterocycles. The van der Waals surface area contributed by atoms with E-state index < -0.39 is 0 Å². The van der Waals surface area contributed by atoms with Crippen LogP contribution < -0.4 is 0 Å². The summed E-state index contributed by atoms with van der Waals surface area (Å²) in [6, 6.07) is 0. The van der Waals surface area contributed by atoms with Gasteiger partial charge in [0.2, 0.25) is 0 Å². The number of carbonyl (C=O) groups is 2. The Morgan fingerprint density at radius 1 is 0.968 bits per heavy atom. The van der Waals surface area contributed by atoms with E-state index >= 15 is 0 Å². The fourth-order valence-electron chi connectivity index (χ4n) is 3.73. The lowest BCUT2D eigenvalue weighted by atomic mass is 9.80. The summed E-state index contributed by atoms with van der Waals surface area (Å²) in [5.74, 6) is 2.01. The Labute approximate surface area is 192 Å². The Balaban J connectivity index is 0.00000436. The third-order valence-electron chi connectivity index (χ3n) is 5.97. The van der Waals surface area contributed by atoms with E-state index in [1.54, 1.807) is 6.92 Å². The topological polar surface area (TPSA) is 34.1 Å². The summed E-state index contributed by atoms with van der Waals surface area (Å²) in [5.41, 5.74) is 2.92. The van der Waals surface area contributed by atoms with E-state index in [1.165, 1.54) is 25.7 Å². The van der Waals surface area contributed by atoms with Gasteiger partial charge in [-0.25, -0.2) is 0 Å². The fraction of sp³-hybridized carbons (Fsp3) is 0.586. The molecule has 31 heavy (non-hydrogen) atoms. The van der Waals surface area contributed by atoms with Crippen LogP contribution in [0.15, 0.2) is 59.3 Å². The molecule has 1 rings (SSSR count). The van der Waals surface area contributed by atoms with E-state index in [0.717, 1.165) is 23.1 Å². The lowest BCUT2D eigenvalue weighted by Crippen LogP contribution is -2.14. The van der Waals surface area contributed by atoms with Crippen LogP contribution in [0.25, 0.3) is 0 Å². The molecular weight excluding hydrogens is 380 g/mol. The highest BCUT2D eigenvalue weighted by atomic mass is 16.1. The normalized spacial score (nSPS) is 21.7. The van der Waals surface area contributed by atoms with Gasteiger partial charge in [-0.1, -0.05) is 89.0 Å². The molecule has 2 heteroatoms. The van der Waals surface area contributed by atoms with E-state index in [4.69, 9.17) is 0 Å². The van der Waals surface area contributed by atoms with E-state index in [-0.39, 0.29) is 11.6 Å². The molecule has 1 aliphatic carbocycles. The molecule has 0 aromatic heterocycles. The Kier molecular flexibility index (Phi) is 15.6. The quantitative estimate of drug-likeness (QED) is 0.260. The van der Waals surface area contributed by atoms with Crippen molar-refractivity contribution in [2.75, 3.05) is 0 Å². The van der Waals surface area contributed by atoms with Crippen molar-refractivity contribution >= 4 is 11.6 Å². The summed E-state index contributed by atoms with van der Waals surface area (Å²) in [6.07, 6.45) is 20.9. The molecule has 1 aliphatic rings. The molecule has 3 unspecified atom stereocenters. The van der Waals surface area contributed by atoms with Gasteiger partial charge in [-0.2, -0.15) is 0 Å². The molecule has 0 aromatic rings. The number of Topliss-reactive ketones (excluding diaryl/α,β-unsaturated/α-hetero) is 1. The van der Waals surface area contributed by atoms with Crippen LogP contribution in [0.5, 0.6) is 0 Å². The van der Waals surface area contributed by atoms with Crippen LogP contribution in [-0.2, 0) is 9.59 Å². The molecule has 0 N–H and O–H groups in total. The van der Waals surface area contributed by atoms with Gasteiger partial charge in [0.25, 0.3) is 0 Å². The molecule has 1 fully saturated rings. The third-order valence-corrected chi connectivity index (χ3v) is 5.97. The van der Waals surface area contributed by atoms with Gasteiger partial charge in [-0.15, -0.1) is 0 Å². The SMILES string of the molecule is CC.CC(=O)/C(C)=C(C)/C=C(C)\C=C\C=C\CC(C)CC(=O)/C=C\C1CCCCC1C. The van der Waals surface area contributed by atoms with E-state index in [2.05, 4.69) is 26.0 Å². The van der Waals surface area contributed by atoms with Gasteiger partial charge in [0, 0.05) is 6.42 Å². The van der Waals surface area contributed by atoms with Gasteiger partial charge in [-0.3, -0.25) is 9.59 Å². The number of hydrogen-bond acceptors (Lipinski definition) is 2. The number of ketones is 2. The Morgan fingerprint density at radius 2 is 1.61 bits per heavy atom. The zero-order chi connectivity index (χ0) is 23.8. The first kappa shape index (κ1) is 29.0. The highest BCUT2D eigenvalue weighted by Gasteiger charge is 2.18. The minimum absolute atomic E-state index is 0.113. The molecule has 0 aromatic carbocycles. The lowest BCUT2D eigenvalue weighted by molar-refractivity contribution is -0.115. The summed E-state index contributed by atoms with van der Waals surface area (Å²) < 4.78 is 0.